The lowest BCUT2D eigenvalue weighted by atomic mass is 10.1. The number of oxime groups is 1. The number of nitrogen functional groups attached to an aromatic ring is 1. The standard InChI is InChI=1S/C22H27N3O7S/c1-7-28-19(27)15(14-11-33-20(23)24-14)25-29-10-12-8-9-13(18(26)32-21(2,3)4)17-16(12)30-22(5,6)31-17/h8-9,11H,7,10H2,1-6H3,(H2,23,24)/b25-15-. The minimum absolute atomic E-state index is 0.0705. The van der Waals surface area contributed by atoms with Crippen molar-refractivity contribution in [1.82, 2.24) is 4.98 Å². The topological polar surface area (TPSA) is 132 Å². The molecule has 0 radical (unpaired) electrons. The van der Waals surface area contributed by atoms with Crippen LogP contribution in [0.1, 0.15) is 63.2 Å². The van der Waals surface area contributed by atoms with Crippen molar-refractivity contribution in [2.45, 2.75) is 59.5 Å². The Morgan fingerprint density at radius 3 is 2.52 bits per heavy atom. The number of nitrogens with zero attached hydrogens (tertiary/aromatic N) is 2. The second-order valence-corrected chi connectivity index (χ2v) is 9.43. The van der Waals surface area contributed by atoms with Crippen LogP contribution in [-0.4, -0.2) is 40.6 Å². The molecule has 0 amide bonds. The van der Waals surface area contributed by atoms with Crippen LogP contribution in [0.3, 0.4) is 0 Å². The Bertz CT molecular complexity index is 1090. The van der Waals surface area contributed by atoms with Crippen molar-refractivity contribution in [3.8, 4) is 11.5 Å². The fraction of sp³-hybridized carbons (Fsp3) is 0.455. The molecule has 33 heavy (non-hydrogen) atoms. The van der Waals surface area contributed by atoms with E-state index in [0.717, 1.165) is 11.3 Å². The molecule has 2 N–H and O–H groups in total. The number of thiazole rings is 1. The van der Waals surface area contributed by atoms with E-state index in [1.807, 2.05) is 0 Å². The zero-order chi connectivity index (χ0) is 24.4. The zero-order valence-corrected chi connectivity index (χ0v) is 20.2. The fourth-order valence-electron chi connectivity index (χ4n) is 2.89. The third kappa shape index (κ3) is 5.92. The van der Waals surface area contributed by atoms with Gasteiger partial charge in [0.2, 0.25) is 11.5 Å². The first-order valence-corrected chi connectivity index (χ1v) is 11.1. The summed E-state index contributed by atoms with van der Waals surface area (Å²) in [5.41, 5.74) is 5.94. The van der Waals surface area contributed by atoms with Gasteiger partial charge in [0.05, 0.1) is 6.61 Å². The van der Waals surface area contributed by atoms with Crippen LogP contribution < -0.4 is 15.2 Å². The van der Waals surface area contributed by atoms with Crippen molar-refractivity contribution in [3.63, 3.8) is 0 Å². The number of ether oxygens (including phenoxy) is 4. The van der Waals surface area contributed by atoms with Gasteiger partial charge in [0.25, 0.3) is 0 Å². The molecule has 10 nitrogen and oxygen atoms in total. The quantitative estimate of drug-likeness (QED) is 0.360. The predicted molar refractivity (Wildman–Crippen MR) is 121 cm³/mol. The van der Waals surface area contributed by atoms with Crippen LogP contribution in [0.15, 0.2) is 22.7 Å². The molecular weight excluding hydrogens is 450 g/mol. The normalized spacial score (nSPS) is 14.7. The highest BCUT2D eigenvalue weighted by Gasteiger charge is 2.38. The number of hydrogen-bond donors (Lipinski definition) is 1. The SMILES string of the molecule is CCOC(=O)/C(=N\OCc1ccc(C(=O)OC(C)(C)C)c2c1OC(C)(C)O2)c1csc(N)n1. The summed E-state index contributed by atoms with van der Waals surface area (Å²) in [4.78, 5) is 34.5. The first kappa shape index (κ1) is 24.3. The van der Waals surface area contributed by atoms with E-state index >= 15 is 0 Å². The molecule has 0 bridgehead atoms. The molecule has 0 spiro atoms. The van der Waals surface area contributed by atoms with Gasteiger partial charge in [0.1, 0.15) is 23.5 Å². The molecule has 2 heterocycles. The number of carbonyl (C=O) groups excluding carboxylic acids is 2. The lowest BCUT2D eigenvalue weighted by Crippen LogP contribution is -2.30. The highest BCUT2D eigenvalue weighted by molar-refractivity contribution is 7.13. The second-order valence-electron chi connectivity index (χ2n) is 8.54. The molecule has 0 aliphatic carbocycles. The molecule has 1 aromatic heterocycles. The smallest absolute Gasteiger partial charge is 0.362 e. The molecule has 11 heteroatoms. The van der Waals surface area contributed by atoms with Gasteiger partial charge in [-0.1, -0.05) is 11.2 Å². The van der Waals surface area contributed by atoms with E-state index in [2.05, 4.69) is 10.1 Å². The van der Waals surface area contributed by atoms with Gasteiger partial charge in [-0.2, -0.15) is 0 Å². The Morgan fingerprint density at radius 1 is 1.21 bits per heavy atom. The lowest BCUT2D eigenvalue weighted by molar-refractivity contribution is -0.135. The maximum absolute atomic E-state index is 12.7. The Hall–Kier alpha value is -3.34. The second kappa shape index (κ2) is 9.26. The summed E-state index contributed by atoms with van der Waals surface area (Å²) < 4.78 is 22.3. The van der Waals surface area contributed by atoms with Gasteiger partial charge in [0.15, 0.2) is 16.6 Å². The molecule has 3 rings (SSSR count). The van der Waals surface area contributed by atoms with Crippen molar-refractivity contribution in [2.24, 2.45) is 5.16 Å². The number of rotatable bonds is 7. The lowest BCUT2D eigenvalue weighted by Gasteiger charge is -2.20. The van der Waals surface area contributed by atoms with E-state index in [0.29, 0.717) is 11.3 Å². The van der Waals surface area contributed by atoms with Crippen LogP contribution in [0.4, 0.5) is 5.13 Å². The molecule has 0 fully saturated rings. The summed E-state index contributed by atoms with van der Waals surface area (Å²) >= 11 is 1.16. The first-order chi connectivity index (χ1) is 15.4. The molecular formula is C22H27N3O7S. The minimum atomic E-state index is -0.993. The third-order valence-corrected chi connectivity index (χ3v) is 4.79. The van der Waals surface area contributed by atoms with Crippen LogP contribution >= 0.6 is 11.3 Å². The van der Waals surface area contributed by atoms with Gasteiger partial charge >= 0.3 is 11.9 Å². The Balaban J connectivity index is 1.87. The van der Waals surface area contributed by atoms with Gasteiger partial charge in [-0.25, -0.2) is 14.6 Å². The summed E-state index contributed by atoms with van der Waals surface area (Å²) in [5.74, 6) is -1.61. The third-order valence-electron chi connectivity index (χ3n) is 4.12. The highest BCUT2D eigenvalue weighted by atomic mass is 32.1. The number of hydrogen-bond acceptors (Lipinski definition) is 11. The van der Waals surface area contributed by atoms with E-state index in [9.17, 15) is 9.59 Å². The maximum atomic E-state index is 12.7. The van der Waals surface area contributed by atoms with Crippen LogP contribution in [0.2, 0.25) is 0 Å². The first-order valence-electron chi connectivity index (χ1n) is 10.3. The minimum Gasteiger partial charge on any atom is -0.461 e. The molecule has 0 saturated heterocycles. The predicted octanol–water partition coefficient (Wildman–Crippen LogP) is 3.67. The Kier molecular flexibility index (Phi) is 6.82. The van der Waals surface area contributed by atoms with Gasteiger partial charge in [-0.3, -0.25) is 0 Å². The molecule has 0 unspecified atom stereocenters. The van der Waals surface area contributed by atoms with E-state index in [1.54, 1.807) is 59.1 Å². The summed E-state index contributed by atoms with van der Waals surface area (Å²) in [5, 5.41) is 5.80. The summed E-state index contributed by atoms with van der Waals surface area (Å²) in [6.45, 7) is 10.6. The highest BCUT2D eigenvalue weighted by Crippen LogP contribution is 2.45. The number of esters is 2. The van der Waals surface area contributed by atoms with E-state index in [1.165, 1.54) is 0 Å². The van der Waals surface area contributed by atoms with Gasteiger partial charge in [0, 0.05) is 24.8 Å². The van der Waals surface area contributed by atoms with E-state index in [4.69, 9.17) is 29.5 Å². The number of benzene rings is 1. The number of fused-ring (bicyclic) bond motifs is 1. The Morgan fingerprint density at radius 2 is 1.91 bits per heavy atom. The monoisotopic (exact) mass is 477 g/mol. The molecule has 1 aliphatic rings. The summed E-state index contributed by atoms with van der Waals surface area (Å²) in [6, 6.07) is 3.23. The van der Waals surface area contributed by atoms with Gasteiger partial charge in [-0.05, 0) is 33.8 Å². The van der Waals surface area contributed by atoms with E-state index in [-0.39, 0.29) is 41.1 Å². The molecule has 1 aliphatic heterocycles. The van der Waals surface area contributed by atoms with Crippen LogP contribution in [0.5, 0.6) is 11.5 Å². The number of aromatic nitrogens is 1. The van der Waals surface area contributed by atoms with Crippen molar-refractivity contribution in [3.05, 3.63) is 34.3 Å². The molecule has 1 aromatic carbocycles. The zero-order valence-electron chi connectivity index (χ0n) is 19.4. The summed E-state index contributed by atoms with van der Waals surface area (Å²) in [7, 11) is 0. The Labute approximate surface area is 195 Å². The maximum Gasteiger partial charge on any atom is 0.362 e. The van der Waals surface area contributed by atoms with Gasteiger partial charge < -0.3 is 29.5 Å². The number of carbonyl (C=O) groups is 2. The van der Waals surface area contributed by atoms with Crippen molar-refractivity contribution < 1.29 is 33.4 Å². The van der Waals surface area contributed by atoms with Crippen molar-refractivity contribution in [1.29, 1.82) is 0 Å². The van der Waals surface area contributed by atoms with Gasteiger partial charge in [-0.15, -0.1) is 11.3 Å². The number of anilines is 1. The molecule has 2 aromatic rings. The van der Waals surface area contributed by atoms with Crippen LogP contribution in [-0.2, 0) is 25.7 Å². The van der Waals surface area contributed by atoms with Crippen molar-refractivity contribution in [2.75, 3.05) is 12.3 Å². The van der Waals surface area contributed by atoms with E-state index < -0.39 is 23.3 Å². The number of nitrogens with two attached hydrogens (primary N) is 1. The average molecular weight is 478 g/mol. The molecule has 178 valence electrons. The van der Waals surface area contributed by atoms with Crippen LogP contribution in [0, 0.1) is 0 Å². The largest absolute Gasteiger partial charge is 0.461 e. The van der Waals surface area contributed by atoms with Crippen LogP contribution in [0.25, 0.3) is 0 Å². The molecule has 0 saturated carbocycles. The fourth-order valence-corrected chi connectivity index (χ4v) is 3.44. The average Bonchev–Trinajstić information content (AvgIpc) is 3.25. The molecule has 0 atom stereocenters. The van der Waals surface area contributed by atoms with Crippen molar-refractivity contribution >= 4 is 34.1 Å². The summed E-state index contributed by atoms with van der Waals surface area (Å²) in [6.07, 6.45) is 0.